The second-order valence-corrected chi connectivity index (χ2v) is 12.8. The van der Waals surface area contributed by atoms with E-state index in [-0.39, 0.29) is 6.61 Å². The summed E-state index contributed by atoms with van der Waals surface area (Å²) in [5.41, 5.74) is 0. The highest BCUT2D eigenvalue weighted by Gasteiger charge is 2.22. The van der Waals surface area contributed by atoms with E-state index in [0.29, 0.717) is 6.42 Å². The average molecular weight is 620 g/mol. The van der Waals surface area contributed by atoms with Crippen molar-refractivity contribution in [3.63, 3.8) is 0 Å². The third-order valence-corrected chi connectivity index (χ3v) is 8.46. The lowest BCUT2D eigenvalue weighted by molar-refractivity contribution is -0.131. The Kier molecular flexibility index (Phi) is 33.3. The lowest BCUT2D eigenvalue weighted by Crippen LogP contribution is -2.48. The van der Waals surface area contributed by atoms with E-state index in [1.54, 1.807) is 6.08 Å². The Hall–Kier alpha value is -1.43. The number of carbonyl (C=O) groups is 1. The molecular formula is C39H73NO4. The molecule has 0 rings (SSSR count). The quantitative estimate of drug-likeness (QED) is 0.0435. The van der Waals surface area contributed by atoms with Crippen molar-refractivity contribution in [1.82, 2.24) is 5.32 Å². The Morgan fingerprint density at radius 3 is 1.36 bits per heavy atom. The molecule has 0 aromatic carbocycles. The number of nitrogens with one attached hydrogen (secondary N) is 1. The fourth-order valence-electron chi connectivity index (χ4n) is 5.44. The fourth-order valence-corrected chi connectivity index (χ4v) is 5.44. The maximum atomic E-state index is 12.4. The van der Waals surface area contributed by atoms with Gasteiger partial charge in [0.25, 0.3) is 0 Å². The van der Waals surface area contributed by atoms with Crippen molar-refractivity contribution < 1.29 is 20.1 Å². The van der Waals surface area contributed by atoms with Crippen LogP contribution in [0.3, 0.4) is 0 Å². The third kappa shape index (κ3) is 29.3. The summed E-state index contributed by atoms with van der Waals surface area (Å²) < 4.78 is 0. The van der Waals surface area contributed by atoms with Crippen molar-refractivity contribution in [3.8, 4) is 0 Å². The third-order valence-electron chi connectivity index (χ3n) is 8.46. The summed E-state index contributed by atoms with van der Waals surface area (Å²) in [6.07, 6.45) is 41.6. The van der Waals surface area contributed by atoms with Crippen molar-refractivity contribution >= 4 is 5.91 Å². The molecule has 0 fully saturated rings. The molecule has 0 spiro atoms. The monoisotopic (exact) mass is 620 g/mol. The molecule has 0 aromatic heterocycles. The van der Waals surface area contributed by atoms with Crippen molar-refractivity contribution in [3.05, 3.63) is 36.5 Å². The molecule has 0 saturated carbocycles. The van der Waals surface area contributed by atoms with Gasteiger partial charge in [-0.25, -0.2) is 0 Å². The topological polar surface area (TPSA) is 89.8 Å². The zero-order chi connectivity index (χ0) is 32.4. The van der Waals surface area contributed by atoms with Crippen molar-refractivity contribution in [2.24, 2.45) is 0 Å². The number of aliphatic hydroxyl groups excluding tert-OH is 3. The minimum atomic E-state index is -1.10. The van der Waals surface area contributed by atoms with E-state index in [1.807, 2.05) is 6.08 Å². The zero-order valence-electron chi connectivity index (χ0n) is 29.0. The molecule has 5 heteroatoms. The summed E-state index contributed by atoms with van der Waals surface area (Å²) in [5.74, 6) is -0.518. The summed E-state index contributed by atoms with van der Waals surface area (Å²) >= 11 is 0. The average Bonchev–Trinajstić information content (AvgIpc) is 3.03. The molecule has 0 radical (unpaired) electrons. The van der Waals surface area contributed by atoms with E-state index < -0.39 is 24.2 Å². The second kappa shape index (κ2) is 34.4. The van der Waals surface area contributed by atoms with Crippen LogP contribution in [-0.2, 0) is 4.79 Å². The van der Waals surface area contributed by atoms with Crippen LogP contribution < -0.4 is 5.32 Å². The number of aliphatic hydroxyl groups is 3. The Bertz CT molecular complexity index is 690. The van der Waals surface area contributed by atoms with Crippen LogP contribution in [0.5, 0.6) is 0 Å². The predicted octanol–water partition coefficient (Wildman–Crippen LogP) is 10.0. The summed E-state index contributed by atoms with van der Waals surface area (Å²) in [7, 11) is 0. The van der Waals surface area contributed by atoms with E-state index in [1.165, 1.54) is 116 Å². The maximum absolute atomic E-state index is 12.4. The maximum Gasteiger partial charge on any atom is 0.249 e. The van der Waals surface area contributed by atoms with E-state index in [2.05, 4.69) is 43.5 Å². The van der Waals surface area contributed by atoms with Gasteiger partial charge in [0.05, 0.1) is 18.8 Å². The van der Waals surface area contributed by atoms with E-state index in [9.17, 15) is 20.1 Å². The summed E-state index contributed by atoms with van der Waals surface area (Å²) in [6.45, 7) is 4.10. The molecule has 0 aliphatic heterocycles. The standard InChI is InChI=1S/C39H73NO4/c1-3-5-7-9-11-13-15-17-18-19-20-21-22-24-26-28-30-32-34-38(43)39(44)40-36(35-41)37(42)33-31-29-27-25-23-16-14-12-10-8-6-4-2/h10,12,23,25,31,33,36-38,41-43H,3-9,11,13-22,24,26-30,32,34-35H2,1-2H3,(H,40,44)/b12-10+,25-23+,33-31+. The summed E-state index contributed by atoms with van der Waals surface area (Å²) in [4.78, 5) is 12.4. The number of amides is 1. The van der Waals surface area contributed by atoms with Crippen molar-refractivity contribution in [2.45, 2.75) is 199 Å². The van der Waals surface area contributed by atoms with E-state index in [0.717, 1.165) is 44.9 Å². The van der Waals surface area contributed by atoms with Gasteiger partial charge < -0.3 is 20.6 Å². The lowest BCUT2D eigenvalue weighted by Gasteiger charge is -2.21. The number of allylic oxidation sites excluding steroid dienone is 5. The van der Waals surface area contributed by atoms with Crippen molar-refractivity contribution in [1.29, 1.82) is 0 Å². The van der Waals surface area contributed by atoms with E-state index >= 15 is 0 Å². The van der Waals surface area contributed by atoms with Crippen LogP contribution in [0.4, 0.5) is 0 Å². The first-order valence-corrected chi connectivity index (χ1v) is 18.8. The number of hydrogen-bond donors (Lipinski definition) is 4. The first-order chi connectivity index (χ1) is 21.6. The van der Waals surface area contributed by atoms with Gasteiger partial charge in [0.2, 0.25) is 5.91 Å². The van der Waals surface area contributed by atoms with Crippen LogP contribution >= 0.6 is 0 Å². The highest BCUT2D eigenvalue weighted by Crippen LogP contribution is 2.15. The molecule has 44 heavy (non-hydrogen) atoms. The molecule has 5 nitrogen and oxygen atoms in total. The molecule has 4 N–H and O–H groups in total. The van der Waals surface area contributed by atoms with Crippen LogP contribution in [-0.4, -0.2) is 46.1 Å². The van der Waals surface area contributed by atoms with Crippen LogP contribution in [0.1, 0.15) is 181 Å². The van der Waals surface area contributed by atoms with E-state index in [4.69, 9.17) is 0 Å². The number of hydrogen-bond acceptors (Lipinski definition) is 4. The van der Waals surface area contributed by atoms with Crippen LogP contribution in [0.2, 0.25) is 0 Å². The first-order valence-electron chi connectivity index (χ1n) is 18.8. The predicted molar refractivity (Wildman–Crippen MR) is 190 cm³/mol. The minimum absolute atomic E-state index is 0.380. The van der Waals surface area contributed by atoms with Crippen LogP contribution in [0.15, 0.2) is 36.5 Å². The highest BCUT2D eigenvalue weighted by atomic mass is 16.3. The number of unbranched alkanes of at least 4 members (excludes halogenated alkanes) is 21. The Labute approximate surface area is 273 Å². The smallest absolute Gasteiger partial charge is 0.249 e. The molecule has 0 aromatic rings. The normalized spacial score (nSPS) is 14.2. The molecule has 0 aliphatic carbocycles. The van der Waals surface area contributed by atoms with Gasteiger partial charge in [-0.15, -0.1) is 0 Å². The summed E-state index contributed by atoms with van der Waals surface area (Å²) in [6, 6.07) is -0.816. The van der Waals surface area contributed by atoms with Crippen LogP contribution in [0.25, 0.3) is 0 Å². The van der Waals surface area contributed by atoms with Gasteiger partial charge in [0, 0.05) is 0 Å². The molecule has 0 heterocycles. The molecule has 1 amide bonds. The van der Waals surface area contributed by atoms with Gasteiger partial charge in [0.15, 0.2) is 0 Å². The SMILES string of the molecule is CCCC/C=C/CC/C=C/CC/C=C/C(O)C(CO)NC(=O)C(O)CCCCCCCCCCCCCCCCCCCC. The van der Waals surface area contributed by atoms with Gasteiger partial charge in [-0.3, -0.25) is 4.79 Å². The van der Waals surface area contributed by atoms with Crippen LogP contribution in [0, 0.1) is 0 Å². The fraction of sp³-hybridized carbons (Fsp3) is 0.821. The number of rotatable bonds is 33. The molecule has 0 aliphatic rings. The Balaban J connectivity index is 3.74. The Morgan fingerprint density at radius 1 is 0.545 bits per heavy atom. The lowest BCUT2D eigenvalue weighted by atomic mass is 10.0. The minimum Gasteiger partial charge on any atom is -0.394 e. The van der Waals surface area contributed by atoms with Gasteiger partial charge in [-0.05, 0) is 38.5 Å². The zero-order valence-corrected chi connectivity index (χ0v) is 29.0. The largest absolute Gasteiger partial charge is 0.394 e. The molecule has 3 atom stereocenters. The second-order valence-electron chi connectivity index (χ2n) is 12.8. The van der Waals surface area contributed by atoms with Gasteiger partial charge >= 0.3 is 0 Å². The number of carbonyl (C=O) groups excluding carboxylic acids is 1. The summed E-state index contributed by atoms with van der Waals surface area (Å²) in [5, 5.41) is 32.9. The molecular weight excluding hydrogens is 546 g/mol. The molecule has 3 unspecified atom stereocenters. The Morgan fingerprint density at radius 2 is 0.932 bits per heavy atom. The van der Waals surface area contributed by atoms with Gasteiger partial charge in [-0.2, -0.15) is 0 Å². The van der Waals surface area contributed by atoms with Gasteiger partial charge in [-0.1, -0.05) is 179 Å². The molecule has 258 valence electrons. The molecule has 0 bridgehead atoms. The van der Waals surface area contributed by atoms with Crippen molar-refractivity contribution in [2.75, 3.05) is 6.61 Å². The van der Waals surface area contributed by atoms with Gasteiger partial charge in [0.1, 0.15) is 6.10 Å². The molecule has 0 saturated heterocycles. The highest BCUT2D eigenvalue weighted by molar-refractivity contribution is 5.80. The first kappa shape index (κ1) is 42.6.